The molecule has 1 aliphatic heterocycles. The van der Waals surface area contributed by atoms with E-state index in [4.69, 9.17) is 0 Å². The smallest absolute Gasteiger partial charge is 0.305 e. The van der Waals surface area contributed by atoms with Gasteiger partial charge in [0.1, 0.15) is 0 Å². The molecule has 2 aromatic heterocycles. The summed E-state index contributed by atoms with van der Waals surface area (Å²) in [5.41, 5.74) is 1.26. The number of likely N-dealkylation sites (tertiary alicyclic amines) is 1. The van der Waals surface area contributed by atoms with Gasteiger partial charge in [-0.15, -0.1) is 0 Å². The van der Waals surface area contributed by atoms with Gasteiger partial charge in [-0.05, 0) is 33.0 Å². The van der Waals surface area contributed by atoms with Crippen molar-refractivity contribution < 1.29 is 13.2 Å². The van der Waals surface area contributed by atoms with Crippen molar-refractivity contribution in [2.24, 2.45) is 0 Å². The molecule has 0 N–H and O–H groups in total. The molecule has 0 saturated carbocycles. The summed E-state index contributed by atoms with van der Waals surface area (Å²) < 4.78 is 40.5. The predicted octanol–water partition coefficient (Wildman–Crippen LogP) is 3.57. The third kappa shape index (κ3) is 3.10. The maximum absolute atomic E-state index is 12.9. The molecule has 2 aromatic rings. The average Bonchev–Trinajstić information content (AvgIpc) is 2.88. The van der Waals surface area contributed by atoms with Gasteiger partial charge >= 0.3 is 6.18 Å². The Balaban J connectivity index is 1.99. The lowest BCUT2D eigenvalue weighted by Crippen LogP contribution is -2.42. The fraction of sp³-hybridized carbons (Fsp3) is 0.500. The molecule has 1 saturated heterocycles. The van der Waals surface area contributed by atoms with Crippen molar-refractivity contribution in [2.45, 2.75) is 32.0 Å². The number of alkyl halides is 3. The zero-order valence-corrected chi connectivity index (χ0v) is 13.3. The maximum atomic E-state index is 12.9. The third-order valence-electron chi connectivity index (χ3n) is 4.10. The van der Waals surface area contributed by atoms with Gasteiger partial charge in [-0.25, -0.2) is 0 Å². The quantitative estimate of drug-likeness (QED) is 0.865. The summed E-state index contributed by atoms with van der Waals surface area (Å²) in [6, 6.07) is 3.16. The third-order valence-corrected chi connectivity index (χ3v) is 4.10. The van der Waals surface area contributed by atoms with Crippen molar-refractivity contribution >= 4 is 0 Å². The summed E-state index contributed by atoms with van der Waals surface area (Å²) in [5.74, 6) is 0.377. The molecule has 1 aliphatic rings. The van der Waals surface area contributed by atoms with Gasteiger partial charge < -0.3 is 4.90 Å². The second-order valence-corrected chi connectivity index (χ2v) is 6.37. The van der Waals surface area contributed by atoms with Crippen molar-refractivity contribution in [1.82, 2.24) is 19.7 Å². The Morgan fingerprint density at radius 3 is 2.43 bits per heavy atom. The Morgan fingerprint density at radius 2 is 1.87 bits per heavy atom. The zero-order chi connectivity index (χ0) is 16.8. The minimum Gasteiger partial charge on any atom is -0.305 e. The summed E-state index contributed by atoms with van der Waals surface area (Å²) in [7, 11) is 2.05. The Hall–Kier alpha value is -1.89. The van der Waals surface area contributed by atoms with Crippen LogP contribution >= 0.6 is 0 Å². The van der Waals surface area contributed by atoms with Crippen LogP contribution in [-0.2, 0) is 6.18 Å². The van der Waals surface area contributed by atoms with Gasteiger partial charge in [0.25, 0.3) is 0 Å². The predicted molar refractivity (Wildman–Crippen MR) is 81.1 cm³/mol. The SMILES string of the molecule is CC(C)n1nc(-c2cncc(C(F)(F)F)c2)cc1C1CN(C)C1. The highest BCUT2D eigenvalue weighted by Gasteiger charge is 2.32. The van der Waals surface area contributed by atoms with E-state index < -0.39 is 11.7 Å². The van der Waals surface area contributed by atoms with Gasteiger partial charge in [-0.1, -0.05) is 0 Å². The molecule has 7 heteroatoms. The molecule has 0 unspecified atom stereocenters. The highest BCUT2D eigenvalue weighted by molar-refractivity contribution is 5.59. The van der Waals surface area contributed by atoms with Gasteiger partial charge in [0.05, 0.1) is 11.3 Å². The average molecular weight is 324 g/mol. The van der Waals surface area contributed by atoms with E-state index in [2.05, 4.69) is 15.0 Å². The lowest BCUT2D eigenvalue weighted by molar-refractivity contribution is -0.137. The maximum Gasteiger partial charge on any atom is 0.417 e. The molecule has 3 heterocycles. The van der Waals surface area contributed by atoms with Crippen LogP contribution in [0, 0.1) is 0 Å². The Bertz CT molecular complexity index is 700. The minimum absolute atomic E-state index is 0.156. The van der Waals surface area contributed by atoms with Crippen LogP contribution in [0.15, 0.2) is 24.5 Å². The fourth-order valence-corrected chi connectivity index (χ4v) is 2.89. The minimum atomic E-state index is -4.40. The van der Waals surface area contributed by atoms with E-state index in [1.165, 1.54) is 6.20 Å². The summed E-state index contributed by atoms with van der Waals surface area (Å²) in [6.07, 6.45) is -2.13. The number of hydrogen-bond donors (Lipinski definition) is 0. The molecule has 23 heavy (non-hydrogen) atoms. The molecule has 0 amide bonds. The molecule has 0 aliphatic carbocycles. The van der Waals surface area contributed by atoms with Crippen LogP contribution in [0.3, 0.4) is 0 Å². The Kier molecular flexibility index (Phi) is 3.91. The first kappa shape index (κ1) is 16.0. The van der Waals surface area contributed by atoms with Crippen LogP contribution in [-0.4, -0.2) is 39.8 Å². The number of hydrogen-bond acceptors (Lipinski definition) is 3. The lowest BCUT2D eigenvalue weighted by Gasteiger charge is -2.36. The number of halogens is 3. The highest BCUT2D eigenvalue weighted by Crippen LogP contribution is 2.34. The topological polar surface area (TPSA) is 34.0 Å². The summed E-state index contributed by atoms with van der Waals surface area (Å²) in [4.78, 5) is 5.93. The molecule has 0 spiro atoms. The van der Waals surface area contributed by atoms with Crippen LogP contribution in [0.5, 0.6) is 0 Å². The Morgan fingerprint density at radius 1 is 1.17 bits per heavy atom. The summed E-state index contributed by atoms with van der Waals surface area (Å²) in [5, 5.41) is 4.52. The van der Waals surface area contributed by atoms with E-state index in [-0.39, 0.29) is 6.04 Å². The van der Waals surface area contributed by atoms with Crippen LogP contribution < -0.4 is 0 Å². The first-order valence-electron chi connectivity index (χ1n) is 7.56. The fourth-order valence-electron chi connectivity index (χ4n) is 2.89. The molecular weight excluding hydrogens is 305 g/mol. The summed E-state index contributed by atoms with van der Waals surface area (Å²) in [6.45, 7) is 5.93. The second kappa shape index (κ2) is 5.63. The van der Waals surface area contributed by atoms with E-state index in [9.17, 15) is 13.2 Å². The van der Waals surface area contributed by atoms with Gasteiger partial charge in [0.15, 0.2) is 0 Å². The molecule has 4 nitrogen and oxygen atoms in total. The van der Waals surface area contributed by atoms with Crippen molar-refractivity contribution in [3.05, 3.63) is 35.8 Å². The van der Waals surface area contributed by atoms with E-state index >= 15 is 0 Å². The van der Waals surface area contributed by atoms with Crippen molar-refractivity contribution in [1.29, 1.82) is 0 Å². The van der Waals surface area contributed by atoms with Gasteiger partial charge in [-0.3, -0.25) is 9.67 Å². The van der Waals surface area contributed by atoms with Crippen molar-refractivity contribution in [3.63, 3.8) is 0 Å². The van der Waals surface area contributed by atoms with Gasteiger partial charge in [0.2, 0.25) is 0 Å². The number of likely N-dealkylation sites (N-methyl/N-ethyl adjacent to an activating group) is 1. The molecule has 3 rings (SSSR count). The van der Waals surface area contributed by atoms with E-state index in [1.54, 1.807) is 0 Å². The van der Waals surface area contributed by atoms with E-state index in [1.807, 2.05) is 31.6 Å². The zero-order valence-electron chi connectivity index (χ0n) is 13.3. The van der Waals surface area contributed by atoms with Gasteiger partial charge in [-0.2, -0.15) is 18.3 Å². The number of pyridine rings is 1. The van der Waals surface area contributed by atoms with Gasteiger partial charge in [0, 0.05) is 48.7 Å². The number of nitrogens with zero attached hydrogens (tertiary/aromatic N) is 4. The standard InChI is InChI=1S/C16H19F3N4/c1-10(2)23-15(12-8-22(3)9-12)5-14(21-23)11-4-13(7-20-6-11)16(17,18)19/h4-7,10,12H,8-9H2,1-3H3. The first-order valence-corrected chi connectivity index (χ1v) is 7.56. The highest BCUT2D eigenvalue weighted by atomic mass is 19.4. The Labute approximate surface area is 132 Å². The van der Waals surface area contributed by atoms with Crippen LogP contribution in [0.4, 0.5) is 13.2 Å². The van der Waals surface area contributed by atoms with Crippen LogP contribution in [0.25, 0.3) is 11.3 Å². The normalized spacial score (nSPS) is 16.8. The van der Waals surface area contributed by atoms with Crippen LogP contribution in [0.2, 0.25) is 0 Å². The molecule has 0 atom stereocenters. The molecule has 0 aromatic carbocycles. The van der Waals surface area contributed by atoms with Crippen molar-refractivity contribution in [3.8, 4) is 11.3 Å². The molecule has 0 radical (unpaired) electrons. The summed E-state index contributed by atoms with van der Waals surface area (Å²) >= 11 is 0. The number of aromatic nitrogens is 3. The van der Waals surface area contributed by atoms with E-state index in [0.29, 0.717) is 17.2 Å². The molecular formula is C16H19F3N4. The largest absolute Gasteiger partial charge is 0.417 e. The molecule has 0 bridgehead atoms. The van der Waals surface area contributed by atoms with Crippen molar-refractivity contribution in [2.75, 3.05) is 20.1 Å². The number of rotatable bonds is 3. The van der Waals surface area contributed by atoms with E-state index in [0.717, 1.165) is 31.0 Å². The first-order chi connectivity index (χ1) is 10.8. The lowest BCUT2D eigenvalue weighted by atomic mass is 9.96. The van der Waals surface area contributed by atoms with Crippen LogP contribution in [0.1, 0.15) is 37.1 Å². The second-order valence-electron chi connectivity index (χ2n) is 6.37. The monoisotopic (exact) mass is 324 g/mol. The molecule has 1 fully saturated rings. The molecule has 124 valence electrons.